The van der Waals surface area contributed by atoms with Gasteiger partial charge in [0.2, 0.25) is 0 Å². The van der Waals surface area contributed by atoms with E-state index in [9.17, 15) is 0 Å². The zero-order valence-corrected chi connectivity index (χ0v) is 11.7. The Bertz CT molecular complexity index is 497. The minimum atomic E-state index is 0.0716. The lowest BCUT2D eigenvalue weighted by Gasteiger charge is -2.09. The number of aromatic nitrogens is 3. The highest BCUT2D eigenvalue weighted by Gasteiger charge is 2.07. The van der Waals surface area contributed by atoms with Crippen molar-refractivity contribution in [2.75, 3.05) is 5.75 Å². The van der Waals surface area contributed by atoms with Crippen LogP contribution in [0.4, 0.5) is 0 Å². The van der Waals surface area contributed by atoms with Gasteiger partial charge in [-0.2, -0.15) is 0 Å². The molecule has 1 aromatic heterocycles. The SMILES string of the molecule is Cn1cc(CC(N)CSc2ccc(Cl)cc2)nn1. The number of nitrogens with zero attached hydrogens (tertiary/aromatic N) is 3. The van der Waals surface area contributed by atoms with Crippen molar-refractivity contribution in [2.24, 2.45) is 12.8 Å². The fourth-order valence-electron chi connectivity index (χ4n) is 1.55. The fourth-order valence-corrected chi connectivity index (χ4v) is 2.53. The number of rotatable bonds is 5. The van der Waals surface area contributed by atoms with Crippen molar-refractivity contribution in [2.45, 2.75) is 17.4 Å². The smallest absolute Gasteiger partial charge is 0.0842 e. The molecule has 4 nitrogen and oxygen atoms in total. The average Bonchev–Trinajstić information content (AvgIpc) is 2.74. The third kappa shape index (κ3) is 4.01. The van der Waals surface area contributed by atoms with Crippen LogP contribution in [0.3, 0.4) is 0 Å². The predicted octanol–water partition coefficient (Wildman–Crippen LogP) is 2.13. The second-order valence-electron chi connectivity index (χ2n) is 4.11. The van der Waals surface area contributed by atoms with Crippen LogP contribution in [0.1, 0.15) is 5.69 Å². The molecule has 0 aliphatic rings. The Labute approximate surface area is 116 Å². The van der Waals surface area contributed by atoms with Crippen LogP contribution in [0.25, 0.3) is 0 Å². The van der Waals surface area contributed by atoms with Crippen molar-refractivity contribution in [3.05, 3.63) is 41.2 Å². The van der Waals surface area contributed by atoms with Crippen LogP contribution in [0.5, 0.6) is 0 Å². The van der Waals surface area contributed by atoms with Gasteiger partial charge in [-0.05, 0) is 24.3 Å². The summed E-state index contributed by atoms with van der Waals surface area (Å²) in [6.45, 7) is 0. The van der Waals surface area contributed by atoms with Gasteiger partial charge in [0.05, 0.1) is 5.69 Å². The molecule has 0 fully saturated rings. The van der Waals surface area contributed by atoms with Crippen molar-refractivity contribution in [3.63, 3.8) is 0 Å². The molecule has 1 unspecified atom stereocenters. The lowest BCUT2D eigenvalue weighted by atomic mass is 10.2. The summed E-state index contributed by atoms with van der Waals surface area (Å²) in [5.41, 5.74) is 7.00. The highest BCUT2D eigenvalue weighted by molar-refractivity contribution is 7.99. The first kappa shape index (κ1) is 13.4. The molecule has 0 aliphatic carbocycles. The van der Waals surface area contributed by atoms with Gasteiger partial charge in [-0.3, -0.25) is 4.68 Å². The molecule has 18 heavy (non-hydrogen) atoms. The van der Waals surface area contributed by atoms with Crippen LogP contribution >= 0.6 is 23.4 Å². The number of hydrogen-bond acceptors (Lipinski definition) is 4. The van der Waals surface area contributed by atoms with E-state index in [0.717, 1.165) is 22.9 Å². The molecule has 6 heteroatoms. The normalized spacial score (nSPS) is 12.6. The zero-order chi connectivity index (χ0) is 13.0. The molecule has 2 N–H and O–H groups in total. The first-order chi connectivity index (χ1) is 8.63. The van der Waals surface area contributed by atoms with Gasteiger partial charge in [-0.1, -0.05) is 16.8 Å². The maximum atomic E-state index is 6.07. The summed E-state index contributed by atoms with van der Waals surface area (Å²) >= 11 is 7.56. The number of benzene rings is 1. The Morgan fingerprint density at radius 1 is 1.39 bits per heavy atom. The van der Waals surface area contributed by atoms with Gasteiger partial charge in [0.25, 0.3) is 0 Å². The number of hydrogen-bond donors (Lipinski definition) is 1. The van der Waals surface area contributed by atoms with E-state index < -0.39 is 0 Å². The third-order valence-electron chi connectivity index (χ3n) is 2.40. The third-order valence-corrected chi connectivity index (χ3v) is 3.85. The number of nitrogens with two attached hydrogens (primary N) is 1. The van der Waals surface area contributed by atoms with E-state index in [2.05, 4.69) is 10.3 Å². The maximum absolute atomic E-state index is 6.07. The Kier molecular flexibility index (Phi) is 4.63. The molecular formula is C12H15ClN4S. The summed E-state index contributed by atoms with van der Waals surface area (Å²) in [6.07, 6.45) is 2.64. The highest BCUT2D eigenvalue weighted by atomic mass is 35.5. The van der Waals surface area contributed by atoms with E-state index in [1.807, 2.05) is 37.5 Å². The first-order valence-electron chi connectivity index (χ1n) is 5.62. The molecule has 2 rings (SSSR count). The molecule has 1 atom stereocenters. The second kappa shape index (κ2) is 6.22. The minimum Gasteiger partial charge on any atom is -0.327 e. The molecule has 1 aromatic carbocycles. The summed E-state index contributed by atoms with van der Waals surface area (Å²) in [5, 5.41) is 8.67. The molecule has 0 radical (unpaired) electrons. The Balaban J connectivity index is 1.81. The molecule has 0 spiro atoms. The number of halogens is 1. The van der Waals surface area contributed by atoms with Crippen molar-refractivity contribution in [3.8, 4) is 0 Å². The highest BCUT2D eigenvalue weighted by Crippen LogP contribution is 2.21. The predicted molar refractivity (Wildman–Crippen MR) is 74.9 cm³/mol. The van der Waals surface area contributed by atoms with Crippen LogP contribution in [-0.4, -0.2) is 26.8 Å². The van der Waals surface area contributed by atoms with Gasteiger partial charge >= 0.3 is 0 Å². The molecule has 0 saturated carbocycles. The largest absolute Gasteiger partial charge is 0.327 e. The van der Waals surface area contributed by atoms with Gasteiger partial charge in [0.1, 0.15) is 0 Å². The molecule has 0 saturated heterocycles. The number of thioether (sulfide) groups is 1. The summed E-state index contributed by atoms with van der Waals surface area (Å²) < 4.78 is 1.69. The Hall–Kier alpha value is -1.04. The van der Waals surface area contributed by atoms with Gasteiger partial charge in [0, 0.05) is 41.4 Å². The Morgan fingerprint density at radius 2 is 2.11 bits per heavy atom. The Morgan fingerprint density at radius 3 is 2.72 bits per heavy atom. The van der Waals surface area contributed by atoms with Gasteiger partial charge in [-0.25, -0.2) is 0 Å². The zero-order valence-electron chi connectivity index (χ0n) is 10.1. The number of aryl methyl sites for hydroxylation is 1. The average molecular weight is 283 g/mol. The van der Waals surface area contributed by atoms with E-state index in [4.69, 9.17) is 17.3 Å². The van der Waals surface area contributed by atoms with Gasteiger partial charge < -0.3 is 5.73 Å². The van der Waals surface area contributed by atoms with Crippen molar-refractivity contribution in [1.29, 1.82) is 0 Å². The molecule has 0 amide bonds. The van der Waals surface area contributed by atoms with E-state index in [1.165, 1.54) is 4.90 Å². The summed E-state index contributed by atoms with van der Waals surface area (Å²) in [6, 6.07) is 7.85. The van der Waals surface area contributed by atoms with E-state index in [-0.39, 0.29) is 6.04 Å². The van der Waals surface area contributed by atoms with Gasteiger partial charge in [-0.15, -0.1) is 16.9 Å². The monoisotopic (exact) mass is 282 g/mol. The van der Waals surface area contributed by atoms with Gasteiger partial charge in [0.15, 0.2) is 0 Å². The second-order valence-corrected chi connectivity index (χ2v) is 5.64. The van der Waals surface area contributed by atoms with Crippen LogP contribution in [0.15, 0.2) is 35.4 Å². The van der Waals surface area contributed by atoms with Crippen LogP contribution < -0.4 is 5.73 Å². The molecule has 1 heterocycles. The van der Waals surface area contributed by atoms with Crippen molar-refractivity contribution >= 4 is 23.4 Å². The first-order valence-corrected chi connectivity index (χ1v) is 6.99. The standard InChI is InChI=1S/C12H15ClN4S/c1-17-7-11(15-16-17)6-10(14)8-18-12-4-2-9(13)3-5-12/h2-5,7,10H,6,8,14H2,1H3. The summed E-state index contributed by atoms with van der Waals surface area (Å²) in [7, 11) is 1.85. The molecule has 2 aromatic rings. The summed E-state index contributed by atoms with van der Waals surface area (Å²) in [5.74, 6) is 0.845. The van der Waals surface area contributed by atoms with Crippen LogP contribution in [-0.2, 0) is 13.5 Å². The van der Waals surface area contributed by atoms with E-state index in [0.29, 0.717) is 0 Å². The fraction of sp³-hybridized carbons (Fsp3) is 0.333. The quantitative estimate of drug-likeness (QED) is 0.854. The van der Waals surface area contributed by atoms with Crippen molar-refractivity contribution < 1.29 is 0 Å². The van der Waals surface area contributed by atoms with Crippen LogP contribution in [0.2, 0.25) is 5.02 Å². The molecule has 96 valence electrons. The minimum absolute atomic E-state index is 0.0716. The molecule has 0 bridgehead atoms. The molecule has 0 aliphatic heterocycles. The molecular weight excluding hydrogens is 268 g/mol. The summed E-state index contributed by atoms with van der Waals surface area (Å²) in [4.78, 5) is 1.17. The maximum Gasteiger partial charge on any atom is 0.0842 e. The topological polar surface area (TPSA) is 56.7 Å². The van der Waals surface area contributed by atoms with Crippen LogP contribution in [0, 0.1) is 0 Å². The lowest BCUT2D eigenvalue weighted by Crippen LogP contribution is -2.25. The lowest BCUT2D eigenvalue weighted by molar-refractivity contribution is 0.704. The van der Waals surface area contributed by atoms with E-state index >= 15 is 0 Å². The van der Waals surface area contributed by atoms with Crippen molar-refractivity contribution in [1.82, 2.24) is 15.0 Å². The van der Waals surface area contributed by atoms with E-state index in [1.54, 1.807) is 16.4 Å².